The second-order valence-corrected chi connectivity index (χ2v) is 8.98. The van der Waals surface area contributed by atoms with Crippen LogP contribution < -0.4 is 21.3 Å². The normalized spacial score (nSPS) is 15.3. The minimum absolute atomic E-state index is 0.144. The summed E-state index contributed by atoms with van der Waals surface area (Å²) < 4.78 is 4.63. The minimum Gasteiger partial charge on any atom is -0.467 e. The number of methoxy groups -OCH3 is 1. The number of hydrogen-bond donors (Lipinski definition) is 8. The lowest BCUT2D eigenvalue weighted by Gasteiger charge is -2.25. The largest absolute Gasteiger partial charge is 0.467 e. The van der Waals surface area contributed by atoms with Gasteiger partial charge in [0.25, 0.3) is 5.91 Å². The fourth-order valence-corrected chi connectivity index (χ4v) is 3.68. The van der Waals surface area contributed by atoms with Gasteiger partial charge in [0.05, 0.1) is 31.8 Å². The Morgan fingerprint density at radius 2 is 1.50 bits per heavy atom. The van der Waals surface area contributed by atoms with Crippen LogP contribution in [-0.2, 0) is 23.9 Å². The molecule has 0 spiro atoms. The van der Waals surface area contributed by atoms with Crippen molar-refractivity contribution in [3.63, 3.8) is 0 Å². The van der Waals surface area contributed by atoms with E-state index in [1.165, 1.54) is 26.1 Å². The average Bonchev–Trinajstić information content (AvgIpc) is 3.48. The molecule has 2 aromatic rings. The van der Waals surface area contributed by atoms with E-state index in [1.54, 1.807) is 36.4 Å². The van der Waals surface area contributed by atoms with Crippen molar-refractivity contribution in [3.05, 3.63) is 59.9 Å². The molecule has 14 nitrogen and oxygen atoms in total. The quantitative estimate of drug-likeness (QED) is 0.118. The predicted molar refractivity (Wildman–Crippen MR) is 141 cm³/mol. The van der Waals surface area contributed by atoms with Gasteiger partial charge in [0, 0.05) is 12.7 Å². The predicted octanol–water partition coefficient (Wildman–Crippen LogP) is -2.09. The van der Waals surface area contributed by atoms with E-state index >= 15 is 0 Å². The molecule has 218 valence electrons. The van der Waals surface area contributed by atoms with Gasteiger partial charge in [-0.05, 0) is 31.5 Å². The molecule has 14 heteroatoms. The molecule has 4 amide bonds. The van der Waals surface area contributed by atoms with Gasteiger partial charge < -0.3 is 46.3 Å². The van der Waals surface area contributed by atoms with Crippen LogP contribution in [0.3, 0.4) is 0 Å². The first-order valence-electron chi connectivity index (χ1n) is 12.4. The van der Waals surface area contributed by atoms with Crippen molar-refractivity contribution in [2.24, 2.45) is 0 Å². The number of H-pyrrole nitrogens is 1. The lowest BCUT2D eigenvalue weighted by molar-refractivity contribution is -0.148. The smallest absolute Gasteiger partial charge is 0.331 e. The highest BCUT2D eigenvalue weighted by Crippen LogP contribution is 2.16. The van der Waals surface area contributed by atoms with Crippen molar-refractivity contribution in [3.8, 4) is 0 Å². The second kappa shape index (κ2) is 15.4. The van der Waals surface area contributed by atoms with Crippen LogP contribution >= 0.6 is 0 Å². The number of amides is 4. The van der Waals surface area contributed by atoms with Gasteiger partial charge in [-0.1, -0.05) is 30.3 Å². The Labute approximate surface area is 230 Å². The number of aromatic nitrogens is 1. The molecule has 0 aliphatic rings. The Morgan fingerprint density at radius 3 is 2.02 bits per heavy atom. The zero-order chi connectivity index (χ0) is 29.8. The Kier molecular flexibility index (Phi) is 12.3. The summed E-state index contributed by atoms with van der Waals surface area (Å²) in [6, 6.07) is 7.03. The molecule has 0 radical (unpaired) electrons. The number of benzene rings is 1. The molecule has 0 aliphatic heterocycles. The Bertz CT molecular complexity index is 1140. The number of hydrogen-bond acceptors (Lipinski definition) is 9. The summed E-state index contributed by atoms with van der Waals surface area (Å²) in [5, 5.41) is 39.3. The third-order valence-corrected chi connectivity index (χ3v) is 5.94. The van der Waals surface area contributed by atoms with E-state index in [4.69, 9.17) is 0 Å². The molecule has 1 aromatic carbocycles. The number of carbonyl (C=O) groups is 5. The third-order valence-electron chi connectivity index (χ3n) is 5.94. The summed E-state index contributed by atoms with van der Waals surface area (Å²) in [7, 11) is 1.11. The van der Waals surface area contributed by atoms with E-state index in [0.29, 0.717) is 5.56 Å². The molecule has 0 fully saturated rings. The van der Waals surface area contributed by atoms with Crippen LogP contribution in [-0.4, -0.2) is 100 Å². The van der Waals surface area contributed by atoms with Crippen LogP contribution in [0.15, 0.2) is 48.7 Å². The van der Waals surface area contributed by atoms with Crippen LogP contribution in [0.2, 0.25) is 0 Å². The molecule has 0 saturated carbocycles. The van der Waals surface area contributed by atoms with Crippen LogP contribution in [0.25, 0.3) is 0 Å². The fraction of sp³-hybridized carbons (Fsp3) is 0.423. The molecule has 0 bridgehead atoms. The highest BCUT2D eigenvalue weighted by Gasteiger charge is 2.33. The maximum atomic E-state index is 13.1. The number of aliphatic hydroxyl groups is 3. The van der Waals surface area contributed by atoms with E-state index in [9.17, 15) is 39.3 Å². The van der Waals surface area contributed by atoms with Crippen molar-refractivity contribution < 1.29 is 44.0 Å². The first-order valence-corrected chi connectivity index (χ1v) is 12.4. The Hall–Kier alpha value is -4.27. The topological polar surface area (TPSA) is 219 Å². The molecule has 0 saturated heterocycles. The van der Waals surface area contributed by atoms with Gasteiger partial charge >= 0.3 is 5.97 Å². The van der Waals surface area contributed by atoms with Crippen LogP contribution in [0.4, 0.5) is 0 Å². The second-order valence-electron chi connectivity index (χ2n) is 8.98. The summed E-state index contributed by atoms with van der Waals surface area (Å²) in [5.41, 5.74) is 0.616. The Balaban J connectivity index is 2.12. The summed E-state index contributed by atoms with van der Waals surface area (Å²) >= 11 is 0. The SMILES string of the molecule is COC(=O)[C@@H](NC(=O)[C@@H](CNC(=O)[C@H](CO)NC(=O)[C@@H](NC(=O)c1ccc[nH]1)[C@H](C)O)c1ccccc1)[C@H](C)O. The van der Waals surface area contributed by atoms with Crippen molar-refractivity contribution in [1.82, 2.24) is 26.3 Å². The molecule has 8 N–H and O–H groups in total. The van der Waals surface area contributed by atoms with Crippen molar-refractivity contribution in [2.75, 3.05) is 20.3 Å². The molecule has 1 heterocycles. The van der Waals surface area contributed by atoms with Gasteiger partial charge in [0.1, 0.15) is 17.8 Å². The molecule has 2 rings (SSSR count). The van der Waals surface area contributed by atoms with Crippen molar-refractivity contribution >= 4 is 29.6 Å². The van der Waals surface area contributed by atoms with Crippen LogP contribution in [0, 0.1) is 0 Å². The van der Waals surface area contributed by atoms with Crippen LogP contribution in [0.5, 0.6) is 0 Å². The zero-order valence-electron chi connectivity index (χ0n) is 22.3. The lowest BCUT2D eigenvalue weighted by Crippen LogP contribution is -2.58. The summed E-state index contributed by atoms with van der Waals surface area (Å²) in [6.45, 7) is 1.43. The number of carbonyl (C=O) groups excluding carboxylic acids is 5. The van der Waals surface area contributed by atoms with E-state index in [0.717, 1.165) is 7.11 Å². The highest BCUT2D eigenvalue weighted by atomic mass is 16.5. The molecule has 1 aromatic heterocycles. The average molecular weight is 562 g/mol. The molecular formula is C26H35N5O9. The van der Waals surface area contributed by atoms with Gasteiger partial charge in [0.2, 0.25) is 17.7 Å². The Morgan fingerprint density at radius 1 is 0.850 bits per heavy atom. The first kappa shape index (κ1) is 31.9. The van der Waals surface area contributed by atoms with E-state index < -0.39 is 72.5 Å². The lowest BCUT2D eigenvalue weighted by atomic mass is 9.97. The van der Waals surface area contributed by atoms with Crippen LogP contribution in [0.1, 0.15) is 35.8 Å². The summed E-state index contributed by atoms with van der Waals surface area (Å²) in [4.78, 5) is 65.8. The first-order chi connectivity index (χ1) is 19.0. The zero-order valence-corrected chi connectivity index (χ0v) is 22.3. The third kappa shape index (κ3) is 8.90. The van der Waals surface area contributed by atoms with Gasteiger partial charge in [-0.2, -0.15) is 0 Å². The van der Waals surface area contributed by atoms with E-state index in [1.807, 2.05) is 0 Å². The summed E-state index contributed by atoms with van der Waals surface area (Å²) in [6.07, 6.45) is -1.11. The minimum atomic E-state index is -1.49. The molecule has 6 atom stereocenters. The number of nitrogens with one attached hydrogen (secondary N) is 5. The fourth-order valence-electron chi connectivity index (χ4n) is 3.68. The number of ether oxygens (including phenoxy) is 1. The number of aromatic amines is 1. The van der Waals surface area contributed by atoms with Gasteiger partial charge in [-0.3, -0.25) is 19.2 Å². The van der Waals surface area contributed by atoms with Gasteiger partial charge in [-0.15, -0.1) is 0 Å². The van der Waals surface area contributed by atoms with Gasteiger partial charge in [-0.25, -0.2) is 4.79 Å². The van der Waals surface area contributed by atoms with Crippen molar-refractivity contribution in [2.45, 2.75) is 50.1 Å². The van der Waals surface area contributed by atoms with Crippen molar-refractivity contribution in [1.29, 1.82) is 0 Å². The standard InChI is InChI=1S/C26H35N5O9/c1-14(33)20(30-24(37)18-10-7-11-27-18)25(38)29-19(13-32)23(36)28-12-17(16-8-5-4-6-9-16)22(35)31-21(15(2)34)26(39)40-3/h4-11,14-15,17,19-21,27,32-34H,12-13H2,1-3H3,(H,28,36)(H,29,38)(H,30,37)(H,31,35)/t14-,15-,17-,19-,20-,21-/m0/s1. The maximum Gasteiger partial charge on any atom is 0.331 e. The van der Waals surface area contributed by atoms with E-state index in [2.05, 4.69) is 31.0 Å². The number of aliphatic hydroxyl groups excluding tert-OH is 3. The number of esters is 1. The number of rotatable bonds is 14. The maximum absolute atomic E-state index is 13.1. The van der Waals surface area contributed by atoms with Gasteiger partial charge in [0.15, 0.2) is 6.04 Å². The molecule has 0 aliphatic carbocycles. The molecule has 40 heavy (non-hydrogen) atoms. The highest BCUT2D eigenvalue weighted by molar-refractivity contribution is 5.97. The van der Waals surface area contributed by atoms with E-state index in [-0.39, 0.29) is 12.2 Å². The summed E-state index contributed by atoms with van der Waals surface area (Å²) in [5.74, 6) is -5.05. The monoisotopic (exact) mass is 561 g/mol. The molecular weight excluding hydrogens is 526 g/mol. The molecule has 0 unspecified atom stereocenters.